The van der Waals surface area contributed by atoms with Crippen molar-refractivity contribution >= 4 is 5.97 Å². The van der Waals surface area contributed by atoms with Crippen molar-refractivity contribution in [2.75, 3.05) is 7.11 Å². The van der Waals surface area contributed by atoms with Crippen molar-refractivity contribution in [1.29, 1.82) is 0 Å². The van der Waals surface area contributed by atoms with Gasteiger partial charge < -0.3 is 10.5 Å². The van der Waals surface area contributed by atoms with E-state index in [1.807, 2.05) is 25.1 Å². The van der Waals surface area contributed by atoms with Gasteiger partial charge in [0, 0.05) is 6.04 Å². The molecule has 3 heteroatoms. The number of carbonyl (C=O) groups excluding carboxylic acids is 1. The molecule has 0 aliphatic heterocycles. The molecule has 0 aromatic heterocycles. The van der Waals surface area contributed by atoms with Crippen molar-refractivity contribution in [3.8, 4) is 0 Å². The topological polar surface area (TPSA) is 52.3 Å². The highest BCUT2D eigenvalue weighted by Crippen LogP contribution is 2.08. The first kappa shape index (κ1) is 10.7. The smallest absolute Gasteiger partial charge is 0.337 e. The van der Waals surface area contributed by atoms with Crippen molar-refractivity contribution in [3.05, 3.63) is 35.4 Å². The minimum absolute atomic E-state index is 0.0999. The van der Waals surface area contributed by atoms with E-state index in [2.05, 4.69) is 4.74 Å². The van der Waals surface area contributed by atoms with Gasteiger partial charge in [0.15, 0.2) is 0 Å². The first-order valence-corrected chi connectivity index (χ1v) is 4.56. The lowest BCUT2D eigenvalue weighted by Gasteiger charge is -2.06. The fourth-order valence-corrected chi connectivity index (χ4v) is 1.31. The summed E-state index contributed by atoms with van der Waals surface area (Å²) in [5.74, 6) is -0.309. The number of hydrogen-bond acceptors (Lipinski definition) is 3. The Morgan fingerprint density at radius 3 is 2.86 bits per heavy atom. The Morgan fingerprint density at radius 1 is 1.57 bits per heavy atom. The molecule has 0 saturated carbocycles. The summed E-state index contributed by atoms with van der Waals surface area (Å²) in [5.41, 5.74) is 7.30. The summed E-state index contributed by atoms with van der Waals surface area (Å²) in [4.78, 5) is 11.2. The summed E-state index contributed by atoms with van der Waals surface area (Å²) in [6.45, 7) is 1.94. The fraction of sp³-hybridized carbons (Fsp3) is 0.364. The summed E-state index contributed by atoms with van der Waals surface area (Å²) in [6.07, 6.45) is 0.769. The fourth-order valence-electron chi connectivity index (χ4n) is 1.31. The molecule has 0 aliphatic carbocycles. The Kier molecular flexibility index (Phi) is 3.65. The molecule has 0 spiro atoms. The van der Waals surface area contributed by atoms with Crippen molar-refractivity contribution in [3.63, 3.8) is 0 Å². The van der Waals surface area contributed by atoms with Crippen molar-refractivity contribution in [2.24, 2.45) is 5.73 Å². The largest absolute Gasteiger partial charge is 0.465 e. The molecule has 0 unspecified atom stereocenters. The Labute approximate surface area is 83.9 Å². The summed E-state index contributed by atoms with van der Waals surface area (Å²) in [6, 6.07) is 7.44. The molecule has 76 valence electrons. The van der Waals surface area contributed by atoms with Crippen molar-refractivity contribution in [2.45, 2.75) is 19.4 Å². The van der Waals surface area contributed by atoms with Crippen LogP contribution in [0.25, 0.3) is 0 Å². The Bertz CT molecular complexity index is 321. The number of esters is 1. The minimum Gasteiger partial charge on any atom is -0.465 e. The van der Waals surface area contributed by atoms with Gasteiger partial charge >= 0.3 is 5.97 Å². The van der Waals surface area contributed by atoms with E-state index in [-0.39, 0.29) is 12.0 Å². The highest BCUT2D eigenvalue weighted by atomic mass is 16.5. The van der Waals surface area contributed by atoms with Gasteiger partial charge in [-0.15, -0.1) is 0 Å². The maximum absolute atomic E-state index is 11.2. The Balaban J connectivity index is 2.84. The maximum Gasteiger partial charge on any atom is 0.337 e. The van der Waals surface area contributed by atoms with Crippen molar-refractivity contribution < 1.29 is 9.53 Å². The van der Waals surface area contributed by atoms with E-state index in [1.54, 1.807) is 6.07 Å². The lowest BCUT2D eigenvalue weighted by molar-refractivity contribution is 0.0600. The number of nitrogens with two attached hydrogens (primary N) is 1. The van der Waals surface area contributed by atoms with Crippen LogP contribution in [-0.2, 0) is 11.2 Å². The molecule has 1 atom stereocenters. The molecule has 3 nitrogen and oxygen atoms in total. The van der Waals surface area contributed by atoms with Crippen LogP contribution in [-0.4, -0.2) is 19.1 Å². The molecule has 0 bridgehead atoms. The van der Waals surface area contributed by atoms with Crippen LogP contribution >= 0.6 is 0 Å². The summed E-state index contributed by atoms with van der Waals surface area (Å²) in [7, 11) is 1.38. The standard InChI is InChI=1S/C11H15NO2/c1-8(12)6-9-4-3-5-10(7-9)11(13)14-2/h3-5,7-8H,6,12H2,1-2H3/t8-/m1/s1. The van der Waals surface area contributed by atoms with Crippen LogP contribution in [0.5, 0.6) is 0 Å². The van der Waals surface area contributed by atoms with Gasteiger partial charge in [-0.05, 0) is 31.0 Å². The van der Waals surface area contributed by atoms with Crippen LogP contribution in [0.1, 0.15) is 22.8 Å². The lowest BCUT2D eigenvalue weighted by atomic mass is 10.1. The first-order valence-electron chi connectivity index (χ1n) is 4.56. The lowest BCUT2D eigenvalue weighted by Crippen LogP contribution is -2.18. The maximum atomic E-state index is 11.2. The van der Waals surface area contributed by atoms with Gasteiger partial charge in [0.1, 0.15) is 0 Å². The molecular weight excluding hydrogens is 178 g/mol. The minimum atomic E-state index is -0.309. The van der Waals surface area contributed by atoms with Crippen LogP contribution in [0.15, 0.2) is 24.3 Å². The number of ether oxygens (including phenoxy) is 1. The van der Waals surface area contributed by atoms with E-state index in [9.17, 15) is 4.79 Å². The predicted octanol–water partition coefficient (Wildman–Crippen LogP) is 1.36. The zero-order valence-electron chi connectivity index (χ0n) is 8.49. The Morgan fingerprint density at radius 2 is 2.29 bits per heavy atom. The molecular formula is C11H15NO2. The molecule has 1 aromatic carbocycles. The third-order valence-electron chi connectivity index (χ3n) is 1.91. The van der Waals surface area contributed by atoms with Crippen LogP contribution in [0.2, 0.25) is 0 Å². The van der Waals surface area contributed by atoms with Crippen molar-refractivity contribution in [1.82, 2.24) is 0 Å². The molecule has 0 amide bonds. The van der Waals surface area contributed by atoms with Crippen LogP contribution < -0.4 is 5.73 Å². The van der Waals surface area contributed by atoms with Crippen LogP contribution in [0.4, 0.5) is 0 Å². The molecule has 0 aliphatic rings. The molecule has 14 heavy (non-hydrogen) atoms. The van der Waals surface area contributed by atoms with E-state index in [0.717, 1.165) is 12.0 Å². The second-order valence-corrected chi connectivity index (χ2v) is 3.37. The second-order valence-electron chi connectivity index (χ2n) is 3.37. The molecule has 0 fully saturated rings. The zero-order chi connectivity index (χ0) is 10.6. The average Bonchev–Trinajstić information content (AvgIpc) is 2.16. The quantitative estimate of drug-likeness (QED) is 0.737. The summed E-state index contributed by atoms with van der Waals surface area (Å²) in [5, 5.41) is 0. The van der Waals surface area contributed by atoms with Gasteiger partial charge in [-0.2, -0.15) is 0 Å². The van der Waals surface area contributed by atoms with E-state index in [4.69, 9.17) is 5.73 Å². The van der Waals surface area contributed by atoms with Gasteiger partial charge in [-0.3, -0.25) is 0 Å². The SMILES string of the molecule is COC(=O)c1cccc(C[C@@H](C)N)c1. The van der Waals surface area contributed by atoms with E-state index < -0.39 is 0 Å². The third kappa shape index (κ3) is 2.85. The molecule has 2 N–H and O–H groups in total. The van der Waals surface area contributed by atoms with E-state index in [1.165, 1.54) is 7.11 Å². The molecule has 0 radical (unpaired) electrons. The highest BCUT2D eigenvalue weighted by molar-refractivity contribution is 5.89. The summed E-state index contributed by atoms with van der Waals surface area (Å²) < 4.78 is 4.63. The predicted molar refractivity (Wildman–Crippen MR) is 55.1 cm³/mol. The van der Waals surface area contributed by atoms with Gasteiger partial charge in [-0.25, -0.2) is 4.79 Å². The van der Waals surface area contributed by atoms with Crippen LogP contribution in [0.3, 0.4) is 0 Å². The number of hydrogen-bond donors (Lipinski definition) is 1. The first-order chi connectivity index (χ1) is 6.63. The number of benzene rings is 1. The zero-order valence-corrected chi connectivity index (χ0v) is 8.49. The normalized spacial score (nSPS) is 12.2. The monoisotopic (exact) mass is 193 g/mol. The Hall–Kier alpha value is -1.35. The number of carbonyl (C=O) groups is 1. The van der Waals surface area contributed by atoms with E-state index in [0.29, 0.717) is 5.56 Å². The second kappa shape index (κ2) is 4.77. The molecule has 0 saturated heterocycles. The number of rotatable bonds is 3. The molecule has 1 rings (SSSR count). The molecule has 0 heterocycles. The number of methoxy groups -OCH3 is 1. The van der Waals surface area contributed by atoms with Gasteiger partial charge in [0.2, 0.25) is 0 Å². The van der Waals surface area contributed by atoms with E-state index >= 15 is 0 Å². The third-order valence-corrected chi connectivity index (χ3v) is 1.91. The average molecular weight is 193 g/mol. The highest BCUT2D eigenvalue weighted by Gasteiger charge is 2.06. The van der Waals surface area contributed by atoms with Crippen LogP contribution in [0, 0.1) is 0 Å². The van der Waals surface area contributed by atoms with Gasteiger partial charge in [0.05, 0.1) is 12.7 Å². The van der Waals surface area contributed by atoms with Gasteiger partial charge in [-0.1, -0.05) is 12.1 Å². The van der Waals surface area contributed by atoms with Gasteiger partial charge in [0.25, 0.3) is 0 Å². The summed E-state index contributed by atoms with van der Waals surface area (Å²) >= 11 is 0. The molecule has 1 aromatic rings.